The number of hydrogen-bond donors (Lipinski definition) is 1. The van der Waals surface area contributed by atoms with Crippen molar-refractivity contribution in [1.82, 2.24) is 10.2 Å². The van der Waals surface area contributed by atoms with Crippen LogP contribution in [0, 0.1) is 6.92 Å². The molecule has 0 spiro atoms. The highest BCUT2D eigenvalue weighted by Gasteiger charge is 2.24. The Hall–Kier alpha value is -1.79. The SMILES string of the molecule is CCNC(=NCCc1ccc(C)c(OC)c1)N1CCC(OCC2CCCO2)CC1. The molecule has 2 heterocycles. The predicted octanol–water partition coefficient (Wildman–Crippen LogP) is 3.17. The summed E-state index contributed by atoms with van der Waals surface area (Å²) in [6.07, 6.45) is 5.98. The minimum Gasteiger partial charge on any atom is -0.496 e. The first-order valence-corrected chi connectivity index (χ1v) is 11.1. The zero-order valence-electron chi connectivity index (χ0n) is 18.3. The molecule has 2 saturated heterocycles. The maximum Gasteiger partial charge on any atom is 0.193 e. The minimum absolute atomic E-state index is 0.312. The molecule has 0 saturated carbocycles. The van der Waals surface area contributed by atoms with Gasteiger partial charge in [0.25, 0.3) is 0 Å². The Morgan fingerprint density at radius 1 is 1.28 bits per heavy atom. The highest BCUT2D eigenvalue weighted by Crippen LogP contribution is 2.20. The third-order valence-corrected chi connectivity index (χ3v) is 5.75. The van der Waals surface area contributed by atoms with E-state index in [1.54, 1.807) is 7.11 Å². The number of aryl methyl sites for hydroxylation is 1. The van der Waals surface area contributed by atoms with Gasteiger partial charge in [0.15, 0.2) is 5.96 Å². The van der Waals surface area contributed by atoms with Crippen LogP contribution >= 0.6 is 0 Å². The summed E-state index contributed by atoms with van der Waals surface area (Å²) in [4.78, 5) is 7.24. The molecule has 0 bridgehead atoms. The summed E-state index contributed by atoms with van der Waals surface area (Å²) in [5.41, 5.74) is 2.42. The van der Waals surface area contributed by atoms with Crippen LogP contribution in [0.15, 0.2) is 23.2 Å². The average Bonchev–Trinajstić information content (AvgIpc) is 3.27. The number of hydrogen-bond acceptors (Lipinski definition) is 4. The third-order valence-electron chi connectivity index (χ3n) is 5.75. The van der Waals surface area contributed by atoms with Gasteiger partial charge >= 0.3 is 0 Å². The Morgan fingerprint density at radius 3 is 2.79 bits per heavy atom. The number of likely N-dealkylation sites (tertiary alicyclic amines) is 1. The molecule has 6 nitrogen and oxygen atoms in total. The lowest BCUT2D eigenvalue weighted by Crippen LogP contribution is -2.47. The van der Waals surface area contributed by atoms with E-state index in [2.05, 4.69) is 42.3 Å². The highest BCUT2D eigenvalue weighted by molar-refractivity contribution is 5.80. The van der Waals surface area contributed by atoms with Gasteiger partial charge in [-0.05, 0) is 63.1 Å². The van der Waals surface area contributed by atoms with Gasteiger partial charge in [0, 0.05) is 32.8 Å². The molecule has 1 aromatic rings. The molecular formula is C23H37N3O3. The molecule has 0 aromatic heterocycles. The minimum atomic E-state index is 0.312. The maximum atomic E-state index is 6.10. The van der Waals surface area contributed by atoms with Gasteiger partial charge in [0.1, 0.15) is 5.75 Å². The van der Waals surface area contributed by atoms with E-state index in [1.165, 1.54) is 12.0 Å². The first-order valence-electron chi connectivity index (χ1n) is 11.1. The molecule has 1 aromatic carbocycles. The standard InChI is InChI=1S/C23H37N3O3/c1-4-24-23(25-12-9-19-8-7-18(2)22(16-19)27-3)26-13-10-20(11-14-26)29-17-21-6-5-15-28-21/h7-8,16,20-21H,4-6,9-15,17H2,1-3H3,(H,24,25). The molecule has 1 atom stereocenters. The Morgan fingerprint density at radius 2 is 2.10 bits per heavy atom. The lowest BCUT2D eigenvalue weighted by atomic mass is 10.1. The van der Waals surface area contributed by atoms with Crippen molar-refractivity contribution in [3.8, 4) is 5.75 Å². The number of nitrogens with one attached hydrogen (secondary N) is 1. The van der Waals surface area contributed by atoms with E-state index in [0.29, 0.717) is 12.2 Å². The fraction of sp³-hybridized carbons (Fsp3) is 0.696. The van der Waals surface area contributed by atoms with Crippen LogP contribution in [0.5, 0.6) is 5.75 Å². The van der Waals surface area contributed by atoms with Crippen molar-refractivity contribution in [2.45, 2.75) is 58.2 Å². The number of aliphatic imine (C=N–C) groups is 1. The molecule has 2 fully saturated rings. The van der Waals surface area contributed by atoms with Gasteiger partial charge in [-0.1, -0.05) is 12.1 Å². The largest absolute Gasteiger partial charge is 0.496 e. The second-order valence-electron chi connectivity index (χ2n) is 7.94. The number of methoxy groups -OCH3 is 1. The average molecular weight is 404 g/mol. The quantitative estimate of drug-likeness (QED) is 0.534. The van der Waals surface area contributed by atoms with E-state index >= 15 is 0 Å². The number of ether oxygens (including phenoxy) is 3. The van der Waals surface area contributed by atoms with Crippen LogP contribution in [0.2, 0.25) is 0 Å². The van der Waals surface area contributed by atoms with Crippen LogP contribution in [0.1, 0.15) is 43.7 Å². The normalized spacial score (nSPS) is 20.9. The van der Waals surface area contributed by atoms with Crippen molar-refractivity contribution in [2.75, 3.05) is 46.5 Å². The molecule has 29 heavy (non-hydrogen) atoms. The summed E-state index contributed by atoms with van der Waals surface area (Å²) in [7, 11) is 1.72. The molecule has 0 aliphatic carbocycles. The zero-order valence-corrected chi connectivity index (χ0v) is 18.3. The smallest absolute Gasteiger partial charge is 0.193 e. The number of rotatable bonds is 8. The summed E-state index contributed by atoms with van der Waals surface area (Å²) < 4.78 is 17.2. The summed E-state index contributed by atoms with van der Waals surface area (Å²) in [5, 5.41) is 3.45. The van der Waals surface area contributed by atoms with E-state index in [9.17, 15) is 0 Å². The lowest BCUT2D eigenvalue weighted by molar-refractivity contribution is -0.0367. The van der Waals surface area contributed by atoms with Crippen molar-refractivity contribution in [3.05, 3.63) is 29.3 Å². The molecule has 0 amide bonds. The fourth-order valence-corrected chi connectivity index (χ4v) is 3.99. The summed E-state index contributed by atoms with van der Waals surface area (Å²) in [6, 6.07) is 6.40. The van der Waals surface area contributed by atoms with Crippen LogP contribution in [-0.4, -0.2) is 69.6 Å². The molecule has 1 unspecified atom stereocenters. The van der Waals surface area contributed by atoms with Crippen molar-refractivity contribution < 1.29 is 14.2 Å². The number of benzene rings is 1. The molecule has 3 rings (SSSR count). The van der Waals surface area contributed by atoms with Crippen molar-refractivity contribution in [3.63, 3.8) is 0 Å². The van der Waals surface area contributed by atoms with Crippen molar-refractivity contribution in [2.24, 2.45) is 4.99 Å². The predicted molar refractivity (Wildman–Crippen MR) is 117 cm³/mol. The third kappa shape index (κ3) is 6.61. The molecule has 1 N–H and O–H groups in total. The van der Waals surface area contributed by atoms with Gasteiger partial charge < -0.3 is 24.4 Å². The summed E-state index contributed by atoms with van der Waals surface area (Å²) >= 11 is 0. The second-order valence-corrected chi connectivity index (χ2v) is 7.94. The lowest BCUT2D eigenvalue weighted by Gasteiger charge is -2.34. The monoisotopic (exact) mass is 403 g/mol. The number of guanidine groups is 1. The van der Waals surface area contributed by atoms with Crippen LogP contribution in [0.4, 0.5) is 0 Å². The van der Waals surface area contributed by atoms with Gasteiger partial charge in [-0.3, -0.25) is 4.99 Å². The summed E-state index contributed by atoms with van der Waals surface area (Å²) in [5.74, 6) is 1.97. The zero-order chi connectivity index (χ0) is 20.5. The molecule has 0 radical (unpaired) electrons. The summed E-state index contributed by atoms with van der Waals surface area (Å²) in [6.45, 7) is 9.45. The van der Waals surface area contributed by atoms with Crippen molar-refractivity contribution >= 4 is 5.96 Å². The maximum absolute atomic E-state index is 6.10. The second kappa shape index (κ2) is 11.4. The van der Waals surface area contributed by atoms with Crippen LogP contribution in [0.3, 0.4) is 0 Å². The molecule has 162 valence electrons. The van der Waals surface area contributed by atoms with Crippen LogP contribution < -0.4 is 10.1 Å². The highest BCUT2D eigenvalue weighted by atomic mass is 16.5. The molecule has 6 heteroatoms. The van der Waals surface area contributed by atoms with E-state index in [4.69, 9.17) is 19.2 Å². The van der Waals surface area contributed by atoms with E-state index < -0.39 is 0 Å². The van der Waals surface area contributed by atoms with Crippen LogP contribution in [0.25, 0.3) is 0 Å². The van der Waals surface area contributed by atoms with E-state index in [1.807, 2.05) is 0 Å². The number of piperidine rings is 1. The van der Waals surface area contributed by atoms with Gasteiger partial charge in [0.2, 0.25) is 0 Å². The van der Waals surface area contributed by atoms with Gasteiger partial charge in [0.05, 0.1) is 25.9 Å². The molecular weight excluding hydrogens is 366 g/mol. The topological polar surface area (TPSA) is 55.3 Å². The first-order chi connectivity index (χ1) is 14.2. The molecule has 2 aliphatic rings. The fourth-order valence-electron chi connectivity index (χ4n) is 3.99. The van der Waals surface area contributed by atoms with Crippen LogP contribution in [-0.2, 0) is 15.9 Å². The first kappa shape index (κ1) is 21.9. The van der Waals surface area contributed by atoms with Gasteiger partial charge in [-0.15, -0.1) is 0 Å². The van der Waals surface area contributed by atoms with Gasteiger partial charge in [-0.25, -0.2) is 0 Å². The van der Waals surface area contributed by atoms with E-state index in [-0.39, 0.29) is 0 Å². The Bertz CT molecular complexity index is 651. The number of nitrogens with zero attached hydrogens (tertiary/aromatic N) is 2. The Balaban J connectivity index is 1.46. The molecule has 2 aliphatic heterocycles. The van der Waals surface area contributed by atoms with Gasteiger partial charge in [-0.2, -0.15) is 0 Å². The Labute approximate surface area is 175 Å². The van der Waals surface area contributed by atoms with E-state index in [0.717, 1.165) is 82.3 Å². The Kier molecular flexibility index (Phi) is 8.62. The van der Waals surface area contributed by atoms with Crippen molar-refractivity contribution in [1.29, 1.82) is 0 Å².